The molecule has 1 saturated heterocycles. The van der Waals surface area contributed by atoms with Crippen molar-refractivity contribution >= 4 is 10.1 Å². The molecule has 0 bridgehead atoms. The third kappa shape index (κ3) is 3.81. The maximum atomic E-state index is 12.2. The zero-order valence-electron chi connectivity index (χ0n) is 12.2. The minimum Gasteiger partial charge on any atom is -0.385 e. The first-order valence-corrected chi connectivity index (χ1v) is 8.10. The van der Waals surface area contributed by atoms with E-state index in [-0.39, 0.29) is 17.4 Å². The lowest BCUT2D eigenvalue weighted by atomic mass is 10.0. The normalized spacial score (nSPS) is 30.3. The lowest BCUT2D eigenvalue weighted by Gasteiger charge is -2.36. The summed E-state index contributed by atoms with van der Waals surface area (Å²) in [5.74, 6) is 0. The number of aliphatic hydroxyl groups excluding tert-OH is 1. The summed E-state index contributed by atoms with van der Waals surface area (Å²) in [6.07, 6.45) is -2.95. The van der Waals surface area contributed by atoms with E-state index in [1.807, 2.05) is 6.92 Å². The molecule has 0 aliphatic carbocycles. The van der Waals surface area contributed by atoms with Gasteiger partial charge in [-0.2, -0.15) is 8.42 Å². The Balaban J connectivity index is 2.17. The lowest BCUT2D eigenvalue weighted by molar-refractivity contribution is -0.249. The van der Waals surface area contributed by atoms with Crippen molar-refractivity contribution in [1.29, 1.82) is 0 Å². The van der Waals surface area contributed by atoms with E-state index in [2.05, 4.69) is 0 Å². The van der Waals surface area contributed by atoms with Crippen molar-refractivity contribution in [3.8, 4) is 0 Å². The Labute approximate surface area is 124 Å². The number of ether oxygens (including phenoxy) is 2. The van der Waals surface area contributed by atoms with Crippen molar-refractivity contribution in [3.63, 3.8) is 0 Å². The highest BCUT2D eigenvalue weighted by Gasteiger charge is 2.39. The maximum absolute atomic E-state index is 12.2. The highest BCUT2D eigenvalue weighted by Crippen LogP contribution is 2.26. The van der Waals surface area contributed by atoms with Gasteiger partial charge in [0.2, 0.25) is 0 Å². The van der Waals surface area contributed by atoms with Gasteiger partial charge in [0, 0.05) is 13.5 Å². The molecule has 4 atom stereocenters. The number of aryl methyl sites for hydroxylation is 1. The summed E-state index contributed by atoms with van der Waals surface area (Å²) in [4.78, 5) is 0.0633. The fourth-order valence-corrected chi connectivity index (χ4v) is 3.32. The Morgan fingerprint density at radius 3 is 2.48 bits per heavy atom. The molecule has 1 aliphatic rings. The van der Waals surface area contributed by atoms with Gasteiger partial charge in [-0.15, -0.1) is 0 Å². The van der Waals surface area contributed by atoms with E-state index in [9.17, 15) is 13.5 Å². The largest absolute Gasteiger partial charge is 0.385 e. The van der Waals surface area contributed by atoms with E-state index in [0.717, 1.165) is 5.56 Å². The Morgan fingerprint density at radius 1 is 1.29 bits per heavy atom. The average molecular weight is 316 g/mol. The minimum atomic E-state index is -3.94. The summed E-state index contributed by atoms with van der Waals surface area (Å²) < 4.78 is 40.0. The van der Waals surface area contributed by atoms with Crippen molar-refractivity contribution in [2.75, 3.05) is 7.11 Å². The van der Waals surface area contributed by atoms with Crippen LogP contribution in [0.1, 0.15) is 18.9 Å². The molecule has 1 fully saturated rings. The van der Waals surface area contributed by atoms with Crippen molar-refractivity contribution in [1.82, 2.24) is 0 Å². The number of rotatable bonds is 4. The van der Waals surface area contributed by atoms with Crippen molar-refractivity contribution in [3.05, 3.63) is 29.8 Å². The van der Waals surface area contributed by atoms with Gasteiger partial charge in [-0.3, -0.25) is 4.18 Å². The van der Waals surface area contributed by atoms with Crippen LogP contribution >= 0.6 is 0 Å². The number of hydrogen-bond donors (Lipinski definition) is 1. The van der Waals surface area contributed by atoms with Crippen LogP contribution in [0.3, 0.4) is 0 Å². The summed E-state index contributed by atoms with van der Waals surface area (Å²) >= 11 is 0. The van der Waals surface area contributed by atoms with Gasteiger partial charge in [0.25, 0.3) is 10.1 Å². The molecule has 0 unspecified atom stereocenters. The summed E-state index contributed by atoms with van der Waals surface area (Å²) in [5, 5.41) is 10.1. The monoisotopic (exact) mass is 316 g/mol. The molecule has 2 rings (SSSR count). The van der Waals surface area contributed by atoms with Gasteiger partial charge in [0.1, 0.15) is 12.2 Å². The zero-order chi connectivity index (χ0) is 15.6. The number of methoxy groups -OCH3 is 1. The fraction of sp³-hybridized carbons (Fsp3) is 0.571. The molecule has 1 aromatic carbocycles. The SMILES string of the molecule is CO[C@H]1O[C@H](C)C[C@H](OS(=O)(=O)c2ccc(C)cc2)[C@H]1O. The van der Waals surface area contributed by atoms with Gasteiger partial charge >= 0.3 is 0 Å². The van der Waals surface area contributed by atoms with Gasteiger partial charge in [-0.05, 0) is 26.0 Å². The van der Waals surface area contributed by atoms with E-state index >= 15 is 0 Å². The molecule has 0 spiro atoms. The molecule has 1 aromatic rings. The van der Waals surface area contributed by atoms with Crippen LogP contribution in [0.5, 0.6) is 0 Å². The Bertz CT molecular complexity index is 568. The molecule has 7 heteroatoms. The first-order valence-electron chi connectivity index (χ1n) is 6.70. The number of hydrogen-bond acceptors (Lipinski definition) is 6. The van der Waals surface area contributed by atoms with E-state index in [4.69, 9.17) is 13.7 Å². The van der Waals surface area contributed by atoms with Crippen LogP contribution in [0.2, 0.25) is 0 Å². The standard InChI is InChI=1S/C14H20O6S/c1-9-4-6-11(7-5-9)21(16,17)20-12-8-10(2)19-14(18-3)13(12)15/h4-7,10,12-15H,8H2,1-3H3/t10-,12+,13-,14+/m1/s1. The molecule has 1 N–H and O–H groups in total. The lowest BCUT2D eigenvalue weighted by Crippen LogP contribution is -2.50. The van der Waals surface area contributed by atoms with E-state index in [0.29, 0.717) is 0 Å². The second-order valence-corrected chi connectivity index (χ2v) is 6.75. The molecular formula is C14H20O6S. The minimum absolute atomic E-state index is 0.0633. The second-order valence-electron chi connectivity index (χ2n) is 5.18. The summed E-state index contributed by atoms with van der Waals surface area (Å²) in [6.45, 7) is 3.64. The molecule has 0 radical (unpaired) electrons. The van der Waals surface area contributed by atoms with E-state index < -0.39 is 28.6 Å². The van der Waals surface area contributed by atoms with Crippen molar-refractivity contribution < 1.29 is 27.2 Å². The molecule has 0 aromatic heterocycles. The predicted molar refractivity (Wildman–Crippen MR) is 75.2 cm³/mol. The third-order valence-electron chi connectivity index (χ3n) is 3.38. The molecule has 21 heavy (non-hydrogen) atoms. The van der Waals surface area contributed by atoms with E-state index in [1.54, 1.807) is 19.1 Å². The first kappa shape index (κ1) is 16.4. The van der Waals surface area contributed by atoms with Gasteiger partial charge in [-0.1, -0.05) is 17.7 Å². The number of aliphatic hydroxyl groups is 1. The first-order chi connectivity index (χ1) is 9.83. The second kappa shape index (κ2) is 6.41. The zero-order valence-corrected chi connectivity index (χ0v) is 13.0. The summed E-state index contributed by atoms with van der Waals surface area (Å²) in [6, 6.07) is 6.34. The highest BCUT2D eigenvalue weighted by atomic mass is 32.2. The van der Waals surface area contributed by atoms with Gasteiger partial charge in [0.15, 0.2) is 6.29 Å². The van der Waals surface area contributed by atoms with E-state index in [1.165, 1.54) is 19.2 Å². The van der Waals surface area contributed by atoms with Gasteiger partial charge in [0.05, 0.1) is 11.0 Å². The highest BCUT2D eigenvalue weighted by molar-refractivity contribution is 7.86. The van der Waals surface area contributed by atoms with Crippen LogP contribution in [0.25, 0.3) is 0 Å². The smallest absolute Gasteiger partial charge is 0.297 e. The molecule has 0 amide bonds. The summed E-state index contributed by atoms with van der Waals surface area (Å²) in [7, 11) is -2.55. The average Bonchev–Trinajstić information content (AvgIpc) is 2.42. The quantitative estimate of drug-likeness (QED) is 0.841. The van der Waals surface area contributed by atoms with Crippen molar-refractivity contribution in [2.45, 2.75) is 49.8 Å². The van der Waals surface area contributed by atoms with Gasteiger partial charge in [-0.25, -0.2) is 0 Å². The molecular weight excluding hydrogens is 296 g/mol. The van der Waals surface area contributed by atoms with Crippen LogP contribution in [-0.4, -0.2) is 45.2 Å². The topological polar surface area (TPSA) is 82.1 Å². The van der Waals surface area contributed by atoms with Crippen LogP contribution in [0, 0.1) is 6.92 Å². The van der Waals surface area contributed by atoms with Gasteiger partial charge < -0.3 is 14.6 Å². The maximum Gasteiger partial charge on any atom is 0.297 e. The molecule has 1 heterocycles. The molecule has 1 aliphatic heterocycles. The Kier molecular flexibility index (Phi) is 5.00. The third-order valence-corrected chi connectivity index (χ3v) is 4.73. The van der Waals surface area contributed by atoms with Crippen LogP contribution in [0.4, 0.5) is 0 Å². The summed E-state index contributed by atoms with van der Waals surface area (Å²) in [5.41, 5.74) is 0.952. The molecule has 118 valence electrons. The fourth-order valence-electron chi connectivity index (χ4n) is 2.22. The Morgan fingerprint density at radius 2 is 1.90 bits per heavy atom. The van der Waals surface area contributed by atoms with Crippen LogP contribution in [0.15, 0.2) is 29.2 Å². The predicted octanol–water partition coefficient (Wildman–Crippen LogP) is 1.21. The van der Waals surface area contributed by atoms with Crippen LogP contribution in [-0.2, 0) is 23.8 Å². The van der Waals surface area contributed by atoms with Crippen molar-refractivity contribution in [2.24, 2.45) is 0 Å². The molecule has 6 nitrogen and oxygen atoms in total. The Hall–Kier alpha value is -0.990. The number of benzene rings is 1. The van der Waals surface area contributed by atoms with Crippen LogP contribution < -0.4 is 0 Å². The molecule has 0 saturated carbocycles.